The largest absolute Gasteiger partial charge is 0.379 e. The van der Waals surface area contributed by atoms with E-state index in [0.29, 0.717) is 0 Å². The van der Waals surface area contributed by atoms with Gasteiger partial charge in [0.25, 0.3) is 0 Å². The standard InChI is InChI=1S/C15H22OS/c1-14(2,3)12-4-6-13(7-5-12)15(8-9-17)10-16-11-15/h4-7,17H,8-11H2,1-3H3. The molecule has 1 aromatic rings. The fourth-order valence-corrected chi connectivity index (χ4v) is 2.77. The van der Waals surface area contributed by atoms with Crippen molar-refractivity contribution in [3.05, 3.63) is 35.4 Å². The second-order valence-corrected chi connectivity index (χ2v) is 6.52. The maximum Gasteiger partial charge on any atom is 0.0585 e. The number of rotatable bonds is 3. The van der Waals surface area contributed by atoms with Crippen LogP contribution < -0.4 is 0 Å². The molecule has 1 heterocycles. The summed E-state index contributed by atoms with van der Waals surface area (Å²) in [5.41, 5.74) is 3.26. The number of ether oxygens (including phenoxy) is 1. The predicted molar refractivity (Wildman–Crippen MR) is 76.1 cm³/mol. The molecule has 0 bridgehead atoms. The van der Waals surface area contributed by atoms with E-state index >= 15 is 0 Å². The van der Waals surface area contributed by atoms with Crippen LogP contribution in [0.15, 0.2) is 24.3 Å². The average molecular weight is 250 g/mol. The topological polar surface area (TPSA) is 9.23 Å². The molecule has 1 fully saturated rings. The van der Waals surface area contributed by atoms with Crippen molar-refractivity contribution in [1.29, 1.82) is 0 Å². The molecule has 0 radical (unpaired) electrons. The fourth-order valence-electron chi connectivity index (χ4n) is 2.34. The second kappa shape index (κ2) is 4.66. The van der Waals surface area contributed by atoms with Gasteiger partial charge in [-0.05, 0) is 28.7 Å². The molecule has 17 heavy (non-hydrogen) atoms. The molecule has 0 aliphatic carbocycles. The zero-order chi connectivity index (χ0) is 12.5. The predicted octanol–water partition coefficient (Wildman–Crippen LogP) is 3.57. The SMILES string of the molecule is CC(C)(C)c1ccc(C2(CCS)COC2)cc1. The Kier molecular flexibility index (Phi) is 3.55. The van der Waals surface area contributed by atoms with Crippen LogP contribution in [-0.2, 0) is 15.6 Å². The minimum Gasteiger partial charge on any atom is -0.379 e. The van der Waals surface area contributed by atoms with Crippen LogP contribution in [0.2, 0.25) is 0 Å². The van der Waals surface area contributed by atoms with Crippen LogP contribution in [0.1, 0.15) is 38.3 Å². The Hall–Kier alpha value is -0.470. The Bertz CT molecular complexity index is 371. The van der Waals surface area contributed by atoms with Gasteiger partial charge in [0.05, 0.1) is 13.2 Å². The number of benzene rings is 1. The summed E-state index contributed by atoms with van der Waals surface area (Å²) in [6, 6.07) is 9.06. The normalized spacial score (nSPS) is 18.8. The quantitative estimate of drug-likeness (QED) is 0.807. The Balaban J connectivity index is 2.23. The summed E-state index contributed by atoms with van der Waals surface area (Å²) in [6.07, 6.45) is 1.10. The van der Waals surface area contributed by atoms with Crippen molar-refractivity contribution in [3.63, 3.8) is 0 Å². The molecule has 0 N–H and O–H groups in total. The van der Waals surface area contributed by atoms with E-state index in [-0.39, 0.29) is 10.8 Å². The summed E-state index contributed by atoms with van der Waals surface area (Å²) in [7, 11) is 0. The molecule has 0 atom stereocenters. The van der Waals surface area contributed by atoms with Gasteiger partial charge in [0, 0.05) is 5.41 Å². The molecule has 1 aliphatic heterocycles. The summed E-state index contributed by atoms with van der Waals surface area (Å²) in [5.74, 6) is 0.921. The van der Waals surface area contributed by atoms with Gasteiger partial charge in [-0.1, -0.05) is 45.0 Å². The van der Waals surface area contributed by atoms with E-state index in [4.69, 9.17) is 4.74 Å². The van der Waals surface area contributed by atoms with Gasteiger partial charge < -0.3 is 4.74 Å². The highest BCUT2D eigenvalue weighted by Gasteiger charge is 2.39. The summed E-state index contributed by atoms with van der Waals surface area (Å²) >= 11 is 4.36. The molecule has 0 amide bonds. The Labute approximate surface area is 110 Å². The average Bonchev–Trinajstić information content (AvgIpc) is 2.22. The molecule has 2 heteroatoms. The van der Waals surface area contributed by atoms with Gasteiger partial charge >= 0.3 is 0 Å². The highest BCUT2D eigenvalue weighted by molar-refractivity contribution is 7.80. The molecule has 0 spiro atoms. The van der Waals surface area contributed by atoms with Crippen molar-refractivity contribution in [1.82, 2.24) is 0 Å². The molecule has 2 rings (SSSR count). The molecule has 0 aromatic heterocycles. The maximum atomic E-state index is 5.41. The van der Waals surface area contributed by atoms with Crippen molar-refractivity contribution in [3.8, 4) is 0 Å². The van der Waals surface area contributed by atoms with Crippen LogP contribution in [0.3, 0.4) is 0 Å². The third-order valence-corrected chi connectivity index (χ3v) is 3.93. The smallest absolute Gasteiger partial charge is 0.0585 e. The number of hydrogen-bond acceptors (Lipinski definition) is 2. The Morgan fingerprint density at radius 2 is 1.76 bits per heavy atom. The van der Waals surface area contributed by atoms with Crippen LogP contribution >= 0.6 is 12.6 Å². The summed E-state index contributed by atoms with van der Waals surface area (Å²) < 4.78 is 5.41. The molecule has 0 unspecified atom stereocenters. The van der Waals surface area contributed by atoms with Crippen LogP contribution in [0.5, 0.6) is 0 Å². The highest BCUT2D eigenvalue weighted by Crippen LogP contribution is 2.37. The van der Waals surface area contributed by atoms with E-state index < -0.39 is 0 Å². The lowest BCUT2D eigenvalue weighted by molar-refractivity contribution is -0.0613. The summed E-state index contributed by atoms with van der Waals surface area (Å²) in [5, 5.41) is 0. The summed E-state index contributed by atoms with van der Waals surface area (Å²) in [6.45, 7) is 8.44. The molecule has 1 saturated heterocycles. The zero-order valence-electron chi connectivity index (χ0n) is 11.0. The van der Waals surface area contributed by atoms with Crippen molar-refractivity contribution in [2.75, 3.05) is 19.0 Å². The van der Waals surface area contributed by atoms with E-state index in [1.54, 1.807) is 0 Å². The van der Waals surface area contributed by atoms with Crippen molar-refractivity contribution >= 4 is 12.6 Å². The van der Waals surface area contributed by atoms with E-state index in [9.17, 15) is 0 Å². The first-order valence-electron chi connectivity index (χ1n) is 6.28. The van der Waals surface area contributed by atoms with Gasteiger partial charge in [-0.25, -0.2) is 0 Å². The van der Waals surface area contributed by atoms with E-state index in [0.717, 1.165) is 25.4 Å². The molecular weight excluding hydrogens is 228 g/mol. The minimum absolute atomic E-state index is 0.228. The van der Waals surface area contributed by atoms with E-state index in [2.05, 4.69) is 57.7 Å². The molecule has 94 valence electrons. The van der Waals surface area contributed by atoms with Crippen LogP contribution in [0, 0.1) is 0 Å². The Morgan fingerprint density at radius 3 is 2.12 bits per heavy atom. The zero-order valence-corrected chi connectivity index (χ0v) is 11.9. The van der Waals surface area contributed by atoms with Crippen LogP contribution in [0.4, 0.5) is 0 Å². The molecule has 1 nitrogen and oxygen atoms in total. The Morgan fingerprint density at radius 1 is 1.18 bits per heavy atom. The minimum atomic E-state index is 0.228. The first-order chi connectivity index (χ1) is 7.98. The van der Waals surface area contributed by atoms with Crippen LogP contribution in [-0.4, -0.2) is 19.0 Å². The lowest BCUT2D eigenvalue weighted by Gasteiger charge is -2.42. The molecule has 0 saturated carbocycles. The molecule has 1 aromatic carbocycles. The van der Waals surface area contributed by atoms with Gasteiger partial charge in [-0.2, -0.15) is 12.6 Å². The van der Waals surface area contributed by atoms with Gasteiger partial charge in [0.2, 0.25) is 0 Å². The second-order valence-electron chi connectivity index (χ2n) is 6.07. The third kappa shape index (κ3) is 2.53. The molecule has 1 aliphatic rings. The van der Waals surface area contributed by atoms with Crippen molar-refractivity contribution < 1.29 is 4.74 Å². The van der Waals surface area contributed by atoms with Crippen LogP contribution in [0.25, 0.3) is 0 Å². The monoisotopic (exact) mass is 250 g/mol. The maximum absolute atomic E-state index is 5.41. The lowest BCUT2D eigenvalue weighted by atomic mass is 9.75. The number of thiol groups is 1. The van der Waals surface area contributed by atoms with Crippen molar-refractivity contribution in [2.45, 2.75) is 38.0 Å². The van der Waals surface area contributed by atoms with E-state index in [1.165, 1.54) is 11.1 Å². The lowest BCUT2D eigenvalue weighted by Crippen LogP contribution is -2.47. The summed E-state index contributed by atoms with van der Waals surface area (Å²) in [4.78, 5) is 0. The number of hydrogen-bond donors (Lipinski definition) is 1. The fraction of sp³-hybridized carbons (Fsp3) is 0.600. The van der Waals surface area contributed by atoms with Gasteiger partial charge in [-0.3, -0.25) is 0 Å². The first kappa shape index (κ1) is 13.0. The van der Waals surface area contributed by atoms with Gasteiger partial charge in [0.15, 0.2) is 0 Å². The van der Waals surface area contributed by atoms with E-state index in [1.807, 2.05) is 0 Å². The van der Waals surface area contributed by atoms with Gasteiger partial charge in [-0.15, -0.1) is 0 Å². The first-order valence-corrected chi connectivity index (χ1v) is 6.91. The highest BCUT2D eigenvalue weighted by atomic mass is 32.1. The van der Waals surface area contributed by atoms with Gasteiger partial charge in [0.1, 0.15) is 0 Å². The third-order valence-electron chi connectivity index (χ3n) is 3.71. The van der Waals surface area contributed by atoms with Crippen molar-refractivity contribution in [2.24, 2.45) is 0 Å². The molecular formula is C15H22OS.